The lowest BCUT2D eigenvalue weighted by Gasteiger charge is -2.38. The smallest absolute Gasteiger partial charge is 0.269 e. The fourth-order valence-electron chi connectivity index (χ4n) is 4.92. The number of ketones is 1. The van der Waals surface area contributed by atoms with E-state index in [-0.39, 0.29) is 22.4 Å². The lowest BCUT2D eigenvalue weighted by molar-refractivity contribution is -0.384. The number of hydrogen-bond donors (Lipinski definition) is 2. The first-order valence-corrected chi connectivity index (χ1v) is 12.7. The molecule has 0 unspecified atom stereocenters. The zero-order valence-electron chi connectivity index (χ0n) is 20.3. The highest BCUT2D eigenvalue weighted by molar-refractivity contribution is 7.98. The van der Waals surface area contributed by atoms with Crippen molar-refractivity contribution in [1.82, 2.24) is 9.97 Å². The maximum absolute atomic E-state index is 13.4. The second-order valence-electron chi connectivity index (χ2n) is 10.1. The number of aryl methyl sites for hydroxylation is 1. The Morgan fingerprint density at radius 2 is 1.78 bits per heavy atom. The average molecular weight is 503 g/mol. The molecule has 0 saturated heterocycles. The van der Waals surface area contributed by atoms with Gasteiger partial charge in [-0.3, -0.25) is 19.7 Å². The number of carbonyl (C=O) groups is 1. The summed E-state index contributed by atoms with van der Waals surface area (Å²) in [6.07, 6.45) is 1.12. The van der Waals surface area contributed by atoms with Crippen LogP contribution in [0.4, 0.5) is 11.5 Å². The molecule has 0 saturated carbocycles. The van der Waals surface area contributed by atoms with Crippen molar-refractivity contribution in [3.63, 3.8) is 0 Å². The van der Waals surface area contributed by atoms with Crippen molar-refractivity contribution in [2.75, 3.05) is 5.32 Å². The molecule has 36 heavy (non-hydrogen) atoms. The fourth-order valence-corrected chi connectivity index (χ4v) is 5.74. The Bertz CT molecular complexity index is 1460. The number of nitro groups is 1. The molecule has 0 bridgehead atoms. The normalized spacial score (nSPS) is 18.3. The van der Waals surface area contributed by atoms with E-state index in [2.05, 4.69) is 24.1 Å². The van der Waals surface area contributed by atoms with Crippen molar-refractivity contribution in [1.29, 1.82) is 0 Å². The van der Waals surface area contributed by atoms with Gasteiger partial charge in [0, 0.05) is 41.5 Å². The standard InChI is InChI=1S/C27H26N4O4S/c1-15-4-8-17(9-5-15)21-22-19(12-27(2,3)13-20(22)32)28-24-23(21)25(33)30-26(29-24)36-14-16-6-10-18(11-7-16)31(34)35/h4-11,21H,12-14H2,1-3H3,(H2,28,29,30,33)/t21-/m0/s1. The van der Waals surface area contributed by atoms with Gasteiger partial charge < -0.3 is 10.3 Å². The van der Waals surface area contributed by atoms with Gasteiger partial charge in [-0.25, -0.2) is 4.98 Å². The lowest BCUT2D eigenvalue weighted by Crippen LogP contribution is -2.37. The lowest BCUT2D eigenvalue weighted by atomic mass is 9.69. The summed E-state index contributed by atoms with van der Waals surface area (Å²) < 4.78 is 0. The molecule has 184 valence electrons. The molecular formula is C27H26N4O4S. The van der Waals surface area contributed by atoms with Gasteiger partial charge in [-0.2, -0.15) is 0 Å². The van der Waals surface area contributed by atoms with Crippen molar-refractivity contribution >= 4 is 29.1 Å². The number of allylic oxidation sites excluding steroid dienone is 2. The minimum atomic E-state index is -0.481. The Hall–Kier alpha value is -3.72. The number of rotatable bonds is 5. The molecule has 0 amide bonds. The summed E-state index contributed by atoms with van der Waals surface area (Å²) in [7, 11) is 0. The monoisotopic (exact) mass is 502 g/mol. The molecule has 5 rings (SSSR count). The third kappa shape index (κ3) is 4.58. The molecule has 3 aromatic rings. The van der Waals surface area contributed by atoms with E-state index < -0.39 is 10.8 Å². The topological polar surface area (TPSA) is 118 Å². The van der Waals surface area contributed by atoms with E-state index >= 15 is 0 Å². The Balaban J connectivity index is 1.52. The van der Waals surface area contributed by atoms with E-state index in [1.54, 1.807) is 12.1 Å². The van der Waals surface area contributed by atoms with Gasteiger partial charge in [-0.15, -0.1) is 0 Å². The van der Waals surface area contributed by atoms with Crippen LogP contribution in [0.15, 0.2) is 69.8 Å². The first-order valence-electron chi connectivity index (χ1n) is 11.7. The number of benzene rings is 2. The van der Waals surface area contributed by atoms with Gasteiger partial charge in [0.15, 0.2) is 10.9 Å². The highest BCUT2D eigenvalue weighted by atomic mass is 32.2. The fraction of sp³-hybridized carbons (Fsp3) is 0.296. The number of hydrogen-bond acceptors (Lipinski definition) is 7. The van der Waals surface area contributed by atoms with Crippen LogP contribution in [-0.4, -0.2) is 20.7 Å². The maximum atomic E-state index is 13.4. The molecule has 1 aliphatic carbocycles. The van der Waals surface area contributed by atoms with E-state index in [0.717, 1.165) is 22.4 Å². The number of nitrogens with one attached hydrogen (secondary N) is 2. The zero-order valence-corrected chi connectivity index (χ0v) is 21.1. The van der Waals surface area contributed by atoms with Gasteiger partial charge in [0.05, 0.1) is 10.5 Å². The van der Waals surface area contributed by atoms with E-state index in [1.165, 1.54) is 23.9 Å². The predicted octanol–water partition coefficient (Wildman–Crippen LogP) is 5.48. The Kier molecular flexibility index (Phi) is 6.04. The Labute approximate surface area is 212 Å². The number of aromatic amines is 1. The number of nitrogens with zero attached hydrogens (tertiary/aromatic N) is 2. The minimum absolute atomic E-state index is 0.0319. The van der Waals surface area contributed by atoms with Crippen LogP contribution in [0, 0.1) is 22.5 Å². The number of nitro benzene ring substituents is 1. The molecule has 2 heterocycles. The molecule has 1 aliphatic heterocycles. The van der Waals surface area contributed by atoms with Crippen LogP contribution in [0.3, 0.4) is 0 Å². The molecule has 0 radical (unpaired) electrons. The van der Waals surface area contributed by atoms with Crippen molar-refractivity contribution in [3.05, 3.63) is 103 Å². The van der Waals surface area contributed by atoms with E-state index in [0.29, 0.717) is 40.7 Å². The molecule has 2 N–H and O–H groups in total. The van der Waals surface area contributed by atoms with Crippen molar-refractivity contribution in [2.45, 2.75) is 50.4 Å². The van der Waals surface area contributed by atoms with Crippen LogP contribution >= 0.6 is 11.8 Å². The predicted molar refractivity (Wildman–Crippen MR) is 139 cm³/mol. The number of fused-ring (bicyclic) bond motifs is 1. The number of thioether (sulfide) groups is 1. The van der Waals surface area contributed by atoms with Gasteiger partial charge in [-0.1, -0.05) is 67.6 Å². The summed E-state index contributed by atoms with van der Waals surface area (Å²) in [4.78, 5) is 44.8. The highest BCUT2D eigenvalue weighted by Gasteiger charge is 2.42. The second-order valence-corrected chi connectivity index (χ2v) is 11.1. The van der Waals surface area contributed by atoms with Crippen LogP contribution in [0.1, 0.15) is 54.9 Å². The molecule has 8 nitrogen and oxygen atoms in total. The zero-order chi connectivity index (χ0) is 25.6. The number of carbonyl (C=O) groups excluding carboxylic acids is 1. The van der Waals surface area contributed by atoms with E-state index in [1.807, 2.05) is 31.2 Å². The molecule has 2 aliphatic rings. The summed E-state index contributed by atoms with van der Waals surface area (Å²) >= 11 is 1.34. The molecule has 9 heteroatoms. The third-order valence-electron chi connectivity index (χ3n) is 6.63. The molecule has 1 aromatic heterocycles. The van der Waals surface area contributed by atoms with Crippen LogP contribution in [-0.2, 0) is 10.5 Å². The van der Waals surface area contributed by atoms with Gasteiger partial charge in [0.2, 0.25) is 0 Å². The van der Waals surface area contributed by atoms with Crippen LogP contribution in [0.25, 0.3) is 0 Å². The molecule has 0 spiro atoms. The first-order chi connectivity index (χ1) is 17.1. The number of aromatic nitrogens is 2. The van der Waals surface area contributed by atoms with E-state index in [9.17, 15) is 19.7 Å². The average Bonchev–Trinajstić information content (AvgIpc) is 2.81. The SMILES string of the molecule is Cc1ccc([C@H]2C3=C(CC(C)(C)CC3=O)Nc3nc(SCc4ccc([N+](=O)[O-])cc4)[nH]c(=O)c32)cc1. The largest absolute Gasteiger partial charge is 0.343 e. The quantitative estimate of drug-likeness (QED) is 0.205. The molecule has 0 fully saturated rings. The van der Waals surface area contributed by atoms with E-state index in [4.69, 9.17) is 4.98 Å². The van der Waals surface area contributed by atoms with Crippen LogP contribution < -0.4 is 10.9 Å². The number of H-pyrrole nitrogens is 1. The number of non-ortho nitro benzene ring substituents is 1. The molecule has 1 atom stereocenters. The Morgan fingerprint density at radius 1 is 1.08 bits per heavy atom. The number of anilines is 1. The minimum Gasteiger partial charge on any atom is -0.343 e. The van der Waals surface area contributed by atoms with Crippen molar-refractivity contribution in [3.8, 4) is 0 Å². The van der Waals surface area contributed by atoms with Gasteiger partial charge >= 0.3 is 0 Å². The summed E-state index contributed by atoms with van der Waals surface area (Å²) in [5, 5.41) is 14.7. The maximum Gasteiger partial charge on any atom is 0.269 e. The second kappa shape index (κ2) is 9.05. The third-order valence-corrected chi connectivity index (χ3v) is 7.58. The highest BCUT2D eigenvalue weighted by Crippen LogP contribution is 2.47. The molecule has 2 aromatic carbocycles. The van der Waals surface area contributed by atoms with Gasteiger partial charge in [0.25, 0.3) is 11.2 Å². The van der Waals surface area contributed by atoms with Gasteiger partial charge in [-0.05, 0) is 29.9 Å². The Morgan fingerprint density at radius 3 is 2.44 bits per heavy atom. The van der Waals surface area contributed by atoms with Crippen molar-refractivity contribution < 1.29 is 9.72 Å². The van der Waals surface area contributed by atoms with Crippen LogP contribution in [0.2, 0.25) is 0 Å². The summed E-state index contributed by atoms with van der Waals surface area (Å²) in [5.41, 5.74) is 4.37. The molecular weight excluding hydrogens is 476 g/mol. The van der Waals surface area contributed by atoms with Crippen molar-refractivity contribution in [2.24, 2.45) is 5.41 Å². The number of Topliss-reactive ketones (excluding diaryl/α,β-unsaturated/α-hetero) is 1. The first kappa shape index (κ1) is 24.0. The summed E-state index contributed by atoms with van der Waals surface area (Å²) in [5.74, 6) is 0.534. The van der Waals surface area contributed by atoms with Crippen LogP contribution in [0.5, 0.6) is 0 Å². The summed E-state index contributed by atoms with van der Waals surface area (Å²) in [6, 6.07) is 14.2. The van der Waals surface area contributed by atoms with Gasteiger partial charge in [0.1, 0.15) is 5.82 Å². The summed E-state index contributed by atoms with van der Waals surface area (Å²) in [6.45, 7) is 6.15.